The number of ether oxygens (including phenoxy) is 16. The Labute approximate surface area is 375 Å². The molecule has 0 aliphatic carbocycles. The van der Waals surface area contributed by atoms with Gasteiger partial charge in [-0.2, -0.15) is 0 Å². The van der Waals surface area contributed by atoms with Crippen molar-refractivity contribution in [3.8, 4) is 0 Å². The first-order valence-corrected chi connectivity index (χ1v) is 23.8. The molecule has 0 aliphatic heterocycles. The number of unbranched alkanes of at least 4 members (excludes halogenated alkanes) is 10. The van der Waals surface area contributed by atoms with Crippen molar-refractivity contribution < 1.29 is 80.9 Å². The van der Waals surface area contributed by atoms with Crippen LogP contribution in [0.1, 0.15) is 77.6 Å². The summed E-state index contributed by atoms with van der Waals surface area (Å²) in [5.74, 6) is 0. The number of aliphatic hydroxyl groups excluding tert-OH is 1. The molecule has 0 aromatic heterocycles. The summed E-state index contributed by atoms with van der Waals surface area (Å²) in [4.78, 5) is 0. The highest BCUT2D eigenvalue weighted by Gasteiger charge is 1.99. The maximum Gasteiger partial charge on any atom is 0.0701 e. The lowest BCUT2D eigenvalue weighted by Gasteiger charge is -2.09. The van der Waals surface area contributed by atoms with E-state index in [2.05, 4.69) is 6.92 Å². The van der Waals surface area contributed by atoms with Crippen molar-refractivity contribution in [1.29, 1.82) is 0 Å². The smallest absolute Gasteiger partial charge is 0.0701 e. The van der Waals surface area contributed by atoms with Crippen LogP contribution in [0.5, 0.6) is 0 Å². The molecule has 17 heteroatoms. The zero-order valence-electron chi connectivity index (χ0n) is 39.1. The monoisotopic (exact) mass is 905 g/mol. The van der Waals surface area contributed by atoms with Crippen LogP contribution in [0, 0.1) is 0 Å². The van der Waals surface area contributed by atoms with Gasteiger partial charge in [0.2, 0.25) is 0 Å². The van der Waals surface area contributed by atoms with Crippen LogP contribution in [0.3, 0.4) is 0 Å². The first-order valence-electron chi connectivity index (χ1n) is 23.8. The highest BCUT2D eigenvalue weighted by Crippen LogP contribution is 2.11. The van der Waals surface area contributed by atoms with E-state index in [1.54, 1.807) is 0 Å². The first-order chi connectivity index (χ1) is 30.9. The van der Waals surface area contributed by atoms with Gasteiger partial charge in [0.25, 0.3) is 0 Å². The highest BCUT2D eigenvalue weighted by atomic mass is 16.6. The lowest BCUT2D eigenvalue weighted by Crippen LogP contribution is -2.16. The van der Waals surface area contributed by atoms with Crippen LogP contribution in [0.15, 0.2) is 0 Å². The molecule has 0 saturated carbocycles. The van der Waals surface area contributed by atoms with E-state index in [9.17, 15) is 0 Å². The number of hydrogen-bond donors (Lipinski definition) is 1. The van der Waals surface area contributed by atoms with Gasteiger partial charge in [0.15, 0.2) is 0 Å². The third kappa shape index (κ3) is 59.3. The molecule has 0 amide bonds. The second-order valence-corrected chi connectivity index (χ2v) is 14.1. The summed E-state index contributed by atoms with van der Waals surface area (Å²) in [6.45, 7) is 18.9. The van der Waals surface area contributed by atoms with Crippen LogP contribution >= 0.6 is 0 Å². The quantitative estimate of drug-likeness (QED) is 0.0844. The van der Waals surface area contributed by atoms with Gasteiger partial charge in [-0.1, -0.05) is 71.1 Å². The Morgan fingerprint density at radius 1 is 0.177 bits per heavy atom. The SMILES string of the molecule is CCCCCCCCCCCCCOCCOCCOCCOCCOCCOCCOCCOCCOCCOCCOCCOCCOCCOCCOCCOCCO. The molecule has 0 saturated heterocycles. The third-order valence-electron chi connectivity index (χ3n) is 8.71. The third-order valence-corrected chi connectivity index (χ3v) is 8.71. The van der Waals surface area contributed by atoms with Gasteiger partial charge in [-0.15, -0.1) is 0 Å². The summed E-state index contributed by atoms with van der Waals surface area (Å²) in [5.41, 5.74) is 0. The van der Waals surface area contributed by atoms with Crippen molar-refractivity contribution in [2.24, 2.45) is 0 Å². The summed E-state index contributed by atoms with van der Waals surface area (Å²) in [5, 5.41) is 8.60. The average Bonchev–Trinajstić information content (AvgIpc) is 3.28. The van der Waals surface area contributed by atoms with Gasteiger partial charge in [0.05, 0.1) is 211 Å². The van der Waals surface area contributed by atoms with Gasteiger partial charge >= 0.3 is 0 Å². The Morgan fingerprint density at radius 2 is 0.323 bits per heavy atom. The molecule has 0 rings (SSSR count). The fraction of sp³-hybridized carbons (Fsp3) is 1.00. The Bertz CT molecular complexity index is 701. The fourth-order valence-corrected chi connectivity index (χ4v) is 5.33. The van der Waals surface area contributed by atoms with Crippen LogP contribution in [-0.2, 0) is 75.8 Å². The standard InChI is InChI=1S/C45H92O17/c1-2-3-4-5-6-7-8-9-10-11-12-14-47-16-18-49-20-22-51-24-26-53-28-30-55-32-34-57-36-38-59-40-42-61-44-45-62-43-41-60-39-37-58-35-33-56-31-29-54-27-25-52-23-21-50-19-17-48-15-13-46/h46H,2-45H2,1H3. The second kappa shape index (κ2) is 60.3. The van der Waals surface area contributed by atoms with Crippen LogP contribution in [-0.4, -0.2) is 223 Å². The van der Waals surface area contributed by atoms with E-state index in [4.69, 9.17) is 80.9 Å². The molecule has 0 unspecified atom stereocenters. The molecule has 0 atom stereocenters. The van der Waals surface area contributed by atoms with Gasteiger partial charge in [-0.25, -0.2) is 0 Å². The predicted molar refractivity (Wildman–Crippen MR) is 237 cm³/mol. The number of hydrogen-bond acceptors (Lipinski definition) is 17. The number of aliphatic hydroxyl groups is 1. The molecule has 0 aromatic rings. The van der Waals surface area contributed by atoms with Crippen LogP contribution in [0.4, 0.5) is 0 Å². The molecule has 0 aromatic carbocycles. The van der Waals surface area contributed by atoms with Gasteiger partial charge < -0.3 is 80.9 Å². The molecule has 0 fully saturated rings. The number of rotatable bonds is 59. The predicted octanol–water partition coefficient (Wildman–Crippen LogP) is 4.56. The van der Waals surface area contributed by atoms with E-state index >= 15 is 0 Å². The van der Waals surface area contributed by atoms with Crippen molar-refractivity contribution in [3.63, 3.8) is 0 Å². The minimum Gasteiger partial charge on any atom is -0.394 e. The summed E-state index contributed by atoms with van der Waals surface area (Å²) < 4.78 is 87.6. The zero-order chi connectivity index (χ0) is 44.4. The van der Waals surface area contributed by atoms with E-state index < -0.39 is 0 Å². The molecule has 1 N–H and O–H groups in total. The van der Waals surface area contributed by atoms with Crippen molar-refractivity contribution in [2.75, 3.05) is 218 Å². The van der Waals surface area contributed by atoms with Crippen LogP contribution < -0.4 is 0 Å². The van der Waals surface area contributed by atoms with E-state index in [1.807, 2.05) is 0 Å². The molecule has 0 heterocycles. The fourth-order valence-electron chi connectivity index (χ4n) is 5.33. The minimum atomic E-state index is 0.0228. The van der Waals surface area contributed by atoms with Gasteiger partial charge in [-0.3, -0.25) is 0 Å². The van der Waals surface area contributed by atoms with E-state index in [1.165, 1.54) is 64.2 Å². The molecule has 17 nitrogen and oxygen atoms in total. The molecule has 0 aliphatic rings. The molecule has 374 valence electrons. The van der Waals surface area contributed by atoms with Gasteiger partial charge in [0.1, 0.15) is 0 Å². The Hall–Kier alpha value is -0.680. The normalized spacial score (nSPS) is 11.7. The van der Waals surface area contributed by atoms with Crippen molar-refractivity contribution in [1.82, 2.24) is 0 Å². The topological polar surface area (TPSA) is 168 Å². The molecule has 62 heavy (non-hydrogen) atoms. The lowest BCUT2D eigenvalue weighted by atomic mass is 10.1. The van der Waals surface area contributed by atoms with Gasteiger partial charge in [0, 0.05) is 6.61 Å². The summed E-state index contributed by atoms with van der Waals surface area (Å²) in [6.07, 6.45) is 14.8. The Kier molecular flexibility index (Phi) is 59.7. The molecule has 0 bridgehead atoms. The first kappa shape index (κ1) is 61.3. The van der Waals surface area contributed by atoms with Crippen LogP contribution in [0.2, 0.25) is 0 Å². The van der Waals surface area contributed by atoms with Crippen LogP contribution in [0.25, 0.3) is 0 Å². The summed E-state index contributed by atoms with van der Waals surface area (Å²) in [6, 6.07) is 0. The second-order valence-electron chi connectivity index (χ2n) is 14.1. The maximum atomic E-state index is 8.60. The summed E-state index contributed by atoms with van der Waals surface area (Å²) in [7, 11) is 0. The average molecular weight is 905 g/mol. The highest BCUT2D eigenvalue weighted by molar-refractivity contribution is 4.48. The van der Waals surface area contributed by atoms with Crippen molar-refractivity contribution in [2.45, 2.75) is 77.6 Å². The molecule has 0 radical (unpaired) electrons. The minimum absolute atomic E-state index is 0.0228. The molecular weight excluding hydrogens is 812 g/mol. The molecular formula is C45H92O17. The van der Waals surface area contributed by atoms with Crippen molar-refractivity contribution >= 4 is 0 Å². The maximum absolute atomic E-state index is 8.60. The van der Waals surface area contributed by atoms with E-state index in [0.717, 1.165) is 13.0 Å². The lowest BCUT2D eigenvalue weighted by molar-refractivity contribution is -0.0305. The van der Waals surface area contributed by atoms with Gasteiger partial charge in [-0.05, 0) is 6.42 Å². The Balaban J connectivity index is 3.06. The Morgan fingerprint density at radius 3 is 0.500 bits per heavy atom. The van der Waals surface area contributed by atoms with Crippen molar-refractivity contribution in [3.05, 3.63) is 0 Å². The van der Waals surface area contributed by atoms with E-state index in [0.29, 0.717) is 205 Å². The largest absolute Gasteiger partial charge is 0.394 e. The zero-order valence-corrected chi connectivity index (χ0v) is 39.1. The molecule has 0 spiro atoms. The van der Waals surface area contributed by atoms with E-state index in [-0.39, 0.29) is 6.61 Å². The summed E-state index contributed by atoms with van der Waals surface area (Å²) >= 11 is 0.